The van der Waals surface area contributed by atoms with E-state index in [1.807, 2.05) is 0 Å². The Morgan fingerprint density at radius 1 is 1.40 bits per heavy atom. The summed E-state index contributed by atoms with van der Waals surface area (Å²) in [6.07, 6.45) is 0.352. The Morgan fingerprint density at radius 3 is 2.70 bits per heavy atom. The van der Waals surface area contributed by atoms with Gasteiger partial charge in [-0.3, -0.25) is 4.79 Å². The van der Waals surface area contributed by atoms with Crippen molar-refractivity contribution >= 4 is 17.7 Å². The summed E-state index contributed by atoms with van der Waals surface area (Å²) in [4.78, 5) is 12.1. The van der Waals surface area contributed by atoms with Gasteiger partial charge < -0.3 is 10.1 Å². The van der Waals surface area contributed by atoms with Crippen LogP contribution in [0.25, 0.3) is 0 Å². The van der Waals surface area contributed by atoms with Gasteiger partial charge in [0.1, 0.15) is 5.82 Å². The summed E-state index contributed by atoms with van der Waals surface area (Å²) in [6, 6.07) is 4.75. The van der Waals surface area contributed by atoms with Crippen LogP contribution >= 0.6 is 11.8 Å². The lowest BCUT2D eigenvalue weighted by Gasteiger charge is -2.21. The molecule has 0 bridgehead atoms. The number of esters is 1. The third-order valence-corrected chi connectivity index (χ3v) is 3.74. The Hall–Kier alpha value is -1.07. The lowest BCUT2D eigenvalue weighted by atomic mass is 10.1. The molecule has 1 rings (SSSR count). The van der Waals surface area contributed by atoms with Crippen molar-refractivity contribution in [1.82, 2.24) is 5.32 Å². The SMILES string of the molecule is COC(=O)CCSc1ccc(F)cc1CNC(C)(C)C. The van der Waals surface area contributed by atoms with Gasteiger partial charge in [-0.1, -0.05) is 0 Å². The summed E-state index contributed by atoms with van der Waals surface area (Å²) in [5.74, 6) is 0.155. The molecule has 1 aromatic carbocycles. The quantitative estimate of drug-likeness (QED) is 0.645. The van der Waals surface area contributed by atoms with E-state index in [2.05, 4.69) is 30.8 Å². The molecule has 0 fully saturated rings. The topological polar surface area (TPSA) is 38.3 Å². The molecule has 0 saturated heterocycles. The highest BCUT2D eigenvalue weighted by Crippen LogP contribution is 2.25. The summed E-state index contributed by atoms with van der Waals surface area (Å²) in [5, 5.41) is 3.34. The van der Waals surface area contributed by atoms with Gasteiger partial charge in [0.05, 0.1) is 13.5 Å². The van der Waals surface area contributed by atoms with E-state index in [0.717, 1.165) is 10.5 Å². The van der Waals surface area contributed by atoms with Crippen LogP contribution in [-0.2, 0) is 16.1 Å². The Labute approximate surface area is 124 Å². The molecule has 0 aliphatic heterocycles. The molecule has 112 valence electrons. The Balaban J connectivity index is 2.67. The predicted molar refractivity (Wildman–Crippen MR) is 80.3 cm³/mol. The first-order valence-corrected chi connectivity index (χ1v) is 7.53. The fourth-order valence-corrected chi connectivity index (χ4v) is 2.50. The number of carbonyl (C=O) groups excluding carboxylic acids is 1. The average molecular weight is 299 g/mol. The third kappa shape index (κ3) is 6.39. The zero-order valence-corrected chi connectivity index (χ0v) is 13.3. The Bertz CT molecular complexity index is 458. The molecular weight excluding hydrogens is 277 g/mol. The van der Waals surface area contributed by atoms with Crippen LogP contribution in [0.4, 0.5) is 4.39 Å². The third-order valence-electron chi connectivity index (χ3n) is 2.62. The number of methoxy groups -OCH3 is 1. The maximum Gasteiger partial charge on any atom is 0.306 e. The molecule has 0 heterocycles. The minimum atomic E-state index is -0.243. The number of benzene rings is 1. The van der Waals surface area contributed by atoms with Crippen molar-refractivity contribution in [3.8, 4) is 0 Å². The Morgan fingerprint density at radius 2 is 2.10 bits per heavy atom. The highest BCUT2D eigenvalue weighted by molar-refractivity contribution is 7.99. The minimum Gasteiger partial charge on any atom is -0.469 e. The summed E-state index contributed by atoms with van der Waals surface area (Å²) in [5.41, 5.74) is 0.884. The van der Waals surface area contributed by atoms with Crippen LogP contribution in [0.2, 0.25) is 0 Å². The summed E-state index contributed by atoms with van der Waals surface area (Å²) in [6.45, 7) is 6.80. The smallest absolute Gasteiger partial charge is 0.306 e. The van der Waals surface area contributed by atoms with Gasteiger partial charge in [-0.25, -0.2) is 4.39 Å². The van der Waals surface area contributed by atoms with E-state index in [1.54, 1.807) is 23.9 Å². The zero-order chi connectivity index (χ0) is 15.2. The van der Waals surface area contributed by atoms with E-state index in [4.69, 9.17) is 0 Å². The highest BCUT2D eigenvalue weighted by atomic mass is 32.2. The first-order valence-electron chi connectivity index (χ1n) is 6.55. The molecule has 0 aromatic heterocycles. The lowest BCUT2D eigenvalue weighted by molar-refractivity contribution is -0.140. The number of carbonyl (C=O) groups is 1. The fraction of sp³-hybridized carbons (Fsp3) is 0.533. The molecule has 0 radical (unpaired) electrons. The first kappa shape index (κ1) is 17.0. The second kappa shape index (κ2) is 7.64. The van der Waals surface area contributed by atoms with Crippen LogP contribution in [0.15, 0.2) is 23.1 Å². The van der Waals surface area contributed by atoms with Crippen LogP contribution in [0.3, 0.4) is 0 Å². The van der Waals surface area contributed by atoms with Crippen molar-refractivity contribution in [2.24, 2.45) is 0 Å². The van der Waals surface area contributed by atoms with Crippen molar-refractivity contribution in [3.05, 3.63) is 29.6 Å². The van der Waals surface area contributed by atoms with Crippen LogP contribution < -0.4 is 5.32 Å². The normalized spacial score (nSPS) is 11.4. The number of rotatable bonds is 6. The predicted octanol–water partition coefficient (Wildman–Crippen LogP) is 3.37. The summed E-state index contributed by atoms with van der Waals surface area (Å²) >= 11 is 1.54. The average Bonchev–Trinajstić information content (AvgIpc) is 2.37. The van der Waals surface area contributed by atoms with Gasteiger partial charge in [0.25, 0.3) is 0 Å². The molecular formula is C15H22FNO2S. The van der Waals surface area contributed by atoms with Crippen molar-refractivity contribution in [2.45, 2.75) is 44.2 Å². The molecule has 1 aromatic rings. The van der Waals surface area contributed by atoms with Gasteiger partial charge in [-0.2, -0.15) is 0 Å². The fourth-order valence-electron chi connectivity index (χ4n) is 1.53. The van der Waals surface area contributed by atoms with Crippen molar-refractivity contribution < 1.29 is 13.9 Å². The minimum absolute atomic E-state index is 0.0275. The van der Waals surface area contributed by atoms with E-state index >= 15 is 0 Å². The van der Waals surface area contributed by atoms with Gasteiger partial charge in [0.15, 0.2) is 0 Å². The standard InChI is InChI=1S/C15H22FNO2S/c1-15(2,3)17-10-11-9-12(16)5-6-13(11)20-8-7-14(18)19-4/h5-6,9,17H,7-8,10H2,1-4H3. The van der Waals surface area contributed by atoms with Gasteiger partial charge in [0, 0.05) is 22.7 Å². The number of hydrogen-bond acceptors (Lipinski definition) is 4. The molecule has 20 heavy (non-hydrogen) atoms. The number of hydrogen-bond donors (Lipinski definition) is 1. The first-order chi connectivity index (χ1) is 9.31. The molecule has 0 aliphatic carbocycles. The molecule has 0 saturated carbocycles. The second-order valence-corrected chi connectivity index (χ2v) is 6.67. The largest absolute Gasteiger partial charge is 0.469 e. The van der Waals surface area contributed by atoms with Crippen LogP contribution in [0.1, 0.15) is 32.8 Å². The lowest BCUT2D eigenvalue weighted by Crippen LogP contribution is -2.35. The molecule has 0 unspecified atom stereocenters. The van der Waals surface area contributed by atoms with Crippen molar-refractivity contribution in [2.75, 3.05) is 12.9 Å². The second-order valence-electron chi connectivity index (χ2n) is 5.53. The molecule has 0 aliphatic rings. The van der Waals surface area contributed by atoms with Crippen LogP contribution in [0, 0.1) is 5.82 Å². The van der Waals surface area contributed by atoms with E-state index < -0.39 is 0 Å². The van der Waals surface area contributed by atoms with Crippen molar-refractivity contribution in [3.63, 3.8) is 0 Å². The van der Waals surface area contributed by atoms with E-state index in [0.29, 0.717) is 18.7 Å². The number of thioether (sulfide) groups is 1. The van der Waals surface area contributed by atoms with Crippen molar-refractivity contribution in [1.29, 1.82) is 0 Å². The number of ether oxygens (including phenoxy) is 1. The van der Waals surface area contributed by atoms with Gasteiger partial charge in [-0.15, -0.1) is 11.8 Å². The molecule has 1 N–H and O–H groups in total. The Kier molecular flexibility index (Phi) is 6.49. The monoisotopic (exact) mass is 299 g/mol. The number of halogens is 1. The van der Waals surface area contributed by atoms with Crippen LogP contribution in [-0.4, -0.2) is 24.4 Å². The van der Waals surface area contributed by atoms with Crippen LogP contribution in [0.5, 0.6) is 0 Å². The van der Waals surface area contributed by atoms with Gasteiger partial charge in [0.2, 0.25) is 0 Å². The summed E-state index contributed by atoms with van der Waals surface area (Å²) in [7, 11) is 1.38. The maximum atomic E-state index is 13.4. The molecule has 0 amide bonds. The summed E-state index contributed by atoms with van der Waals surface area (Å²) < 4.78 is 18.0. The van der Waals surface area contributed by atoms with E-state index in [-0.39, 0.29) is 17.3 Å². The van der Waals surface area contributed by atoms with E-state index in [9.17, 15) is 9.18 Å². The molecule has 5 heteroatoms. The molecule has 3 nitrogen and oxygen atoms in total. The van der Waals surface area contributed by atoms with Gasteiger partial charge >= 0.3 is 5.97 Å². The molecule has 0 spiro atoms. The van der Waals surface area contributed by atoms with Gasteiger partial charge in [-0.05, 0) is 44.5 Å². The highest BCUT2D eigenvalue weighted by Gasteiger charge is 2.12. The maximum absolute atomic E-state index is 13.4. The number of nitrogens with one attached hydrogen (secondary N) is 1. The molecule has 0 atom stereocenters. The van der Waals surface area contributed by atoms with E-state index in [1.165, 1.54) is 13.2 Å². The zero-order valence-electron chi connectivity index (χ0n) is 12.5.